The third kappa shape index (κ3) is 4.67. The molecule has 2 rings (SSSR count). The molecule has 0 aliphatic rings. The number of benzene rings is 2. The monoisotopic (exact) mass is 300 g/mol. The molecule has 0 fully saturated rings. The van der Waals surface area contributed by atoms with E-state index < -0.39 is 6.04 Å². The van der Waals surface area contributed by atoms with Crippen LogP contribution >= 0.6 is 0 Å². The van der Waals surface area contributed by atoms with Crippen molar-refractivity contribution >= 4 is 5.91 Å². The lowest BCUT2D eigenvalue weighted by molar-refractivity contribution is -0.122. The molecule has 2 aromatic rings. The second-order valence-corrected chi connectivity index (χ2v) is 5.50. The maximum absolute atomic E-state index is 13.6. The fraction of sp³-hybridized carbons (Fsp3) is 0.278. The number of hydrogen-bond acceptors (Lipinski definition) is 2. The molecule has 0 aliphatic heterocycles. The van der Waals surface area contributed by atoms with Crippen molar-refractivity contribution < 1.29 is 9.18 Å². The number of rotatable bonds is 6. The molecule has 2 aromatic carbocycles. The van der Waals surface area contributed by atoms with Gasteiger partial charge < -0.3 is 11.1 Å². The van der Waals surface area contributed by atoms with Gasteiger partial charge in [0.1, 0.15) is 5.82 Å². The molecule has 0 radical (unpaired) electrons. The highest BCUT2D eigenvalue weighted by molar-refractivity contribution is 5.82. The maximum Gasteiger partial charge on any atom is 0.237 e. The summed E-state index contributed by atoms with van der Waals surface area (Å²) >= 11 is 0. The first kappa shape index (κ1) is 16.2. The van der Waals surface area contributed by atoms with Crippen molar-refractivity contribution in [3.63, 3.8) is 0 Å². The summed E-state index contributed by atoms with van der Waals surface area (Å²) in [4.78, 5) is 12.1. The van der Waals surface area contributed by atoms with Crippen LogP contribution < -0.4 is 11.1 Å². The number of amides is 1. The quantitative estimate of drug-likeness (QED) is 0.861. The van der Waals surface area contributed by atoms with Crippen LogP contribution in [0.2, 0.25) is 0 Å². The minimum atomic E-state index is -0.606. The first-order valence-corrected chi connectivity index (χ1v) is 7.39. The number of hydrogen-bond donors (Lipinski definition) is 2. The molecule has 0 bridgehead atoms. The van der Waals surface area contributed by atoms with Gasteiger partial charge in [0, 0.05) is 6.04 Å². The molecule has 0 saturated heterocycles. The highest BCUT2D eigenvalue weighted by Crippen LogP contribution is 2.09. The van der Waals surface area contributed by atoms with Gasteiger partial charge >= 0.3 is 0 Å². The van der Waals surface area contributed by atoms with Crippen molar-refractivity contribution in [3.05, 3.63) is 71.5 Å². The van der Waals surface area contributed by atoms with E-state index in [9.17, 15) is 9.18 Å². The summed E-state index contributed by atoms with van der Waals surface area (Å²) in [6.45, 7) is 1.85. The van der Waals surface area contributed by atoms with Crippen molar-refractivity contribution in [2.45, 2.75) is 31.8 Å². The highest BCUT2D eigenvalue weighted by atomic mass is 19.1. The predicted molar refractivity (Wildman–Crippen MR) is 85.8 cm³/mol. The van der Waals surface area contributed by atoms with Gasteiger partial charge in [0.05, 0.1) is 6.04 Å². The molecule has 3 nitrogen and oxygen atoms in total. The summed E-state index contributed by atoms with van der Waals surface area (Å²) in [5.74, 6) is -0.468. The van der Waals surface area contributed by atoms with Gasteiger partial charge in [-0.05, 0) is 37.0 Å². The van der Waals surface area contributed by atoms with E-state index in [1.165, 1.54) is 6.07 Å². The van der Waals surface area contributed by atoms with Crippen LogP contribution in [0.4, 0.5) is 4.39 Å². The number of nitrogens with one attached hydrogen (secondary N) is 1. The molecular weight excluding hydrogens is 279 g/mol. The van der Waals surface area contributed by atoms with Gasteiger partial charge in [0.15, 0.2) is 0 Å². The van der Waals surface area contributed by atoms with Crippen LogP contribution in [0.25, 0.3) is 0 Å². The average Bonchev–Trinajstić information content (AvgIpc) is 2.50. The Hall–Kier alpha value is -2.20. The average molecular weight is 300 g/mol. The molecule has 1 amide bonds. The first-order chi connectivity index (χ1) is 10.6. The van der Waals surface area contributed by atoms with Gasteiger partial charge in [-0.15, -0.1) is 0 Å². The third-order valence-corrected chi connectivity index (χ3v) is 3.51. The van der Waals surface area contributed by atoms with E-state index in [4.69, 9.17) is 5.73 Å². The Morgan fingerprint density at radius 2 is 1.73 bits per heavy atom. The number of halogens is 1. The lowest BCUT2D eigenvalue weighted by Gasteiger charge is -2.18. The fourth-order valence-corrected chi connectivity index (χ4v) is 2.36. The molecule has 0 aliphatic carbocycles. The molecule has 0 aromatic heterocycles. The summed E-state index contributed by atoms with van der Waals surface area (Å²) in [5, 5.41) is 2.84. The minimum absolute atomic E-state index is 0.175. The van der Waals surface area contributed by atoms with E-state index in [-0.39, 0.29) is 17.8 Å². The Bertz CT molecular complexity index is 615. The molecule has 3 N–H and O–H groups in total. The summed E-state index contributed by atoms with van der Waals surface area (Å²) in [5.41, 5.74) is 7.54. The van der Waals surface area contributed by atoms with Gasteiger partial charge in [0.25, 0.3) is 0 Å². The molecule has 4 heteroatoms. The fourth-order valence-electron chi connectivity index (χ4n) is 2.36. The van der Waals surface area contributed by atoms with E-state index in [1.54, 1.807) is 18.2 Å². The van der Waals surface area contributed by atoms with E-state index in [0.29, 0.717) is 18.4 Å². The van der Waals surface area contributed by atoms with Gasteiger partial charge in [-0.1, -0.05) is 48.5 Å². The maximum atomic E-state index is 13.6. The van der Waals surface area contributed by atoms with Crippen molar-refractivity contribution in [1.82, 2.24) is 5.32 Å². The zero-order valence-corrected chi connectivity index (χ0v) is 12.6. The molecule has 0 heterocycles. The van der Waals surface area contributed by atoms with Gasteiger partial charge in [0.2, 0.25) is 5.91 Å². The smallest absolute Gasteiger partial charge is 0.237 e. The van der Waals surface area contributed by atoms with Crippen LogP contribution in [-0.4, -0.2) is 18.0 Å². The summed E-state index contributed by atoms with van der Waals surface area (Å²) in [7, 11) is 0. The summed E-state index contributed by atoms with van der Waals surface area (Å²) in [6, 6.07) is 15.4. The Balaban J connectivity index is 1.87. The molecule has 0 saturated carbocycles. The van der Waals surface area contributed by atoms with E-state index in [2.05, 4.69) is 5.32 Å². The lowest BCUT2D eigenvalue weighted by atomic mass is 10.0. The molecule has 1 unspecified atom stereocenters. The number of carbonyl (C=O) groups excluding carboxylic acids is 1. The molecule has 2 atom stereocenters. The molecule has 0 spiro atoms. The lowest BCUT2D eigenvalue weighted by Crippen LogP contribution is -2.46. The van der Waals surface area contributed by atoms with Gasteiger partial charge in [-0.2, -0.15) is 0 Å². The normalized spacial score (nSPS) is 13.4. The Morgan fingerprint density at radius 3 is 2.41 bits per heavy atom. The SMILES string of the molecule is CC(Cc1ccccc1F)NC(=O)[C@@H](N)Cc1ccccc1. The third-order valence-electron chi connectivity index (χ3n) is 3.51. The molecule has 22 heavy (non-hydrogen) atoms. The number of carbonyl (C=O) groups is 1. The predicted octanol–water partition coefficient (Wildman–Crippen LogP) is 2.44. The zero-order valence-electron chi connectivity index (χ0n) is 12.6. The van der Waals surface area contributed by atoms with Gasteiger partial charge in [-0.25, -0.2) is 4.39 Å². The van der Waals surface area contributed by atoms with Crippen LogP contribution in [-0.2, 0) is 17.6 Å². The van der Waals surface area contributed by atoms with Crippen molar-refractivity contribution in [3.8, 4) is 0 Å². The van der Waals surface area contributed by atoms with Gasteiger partial charge in [-0.3, -0.25) is 4.79 Å². The van der Waals surface area contributed by atoms with Crippen molar-refractivity contribution in [2.75, 3.05) is 0 Å². The van der Waals surface area contributed by atoms with Crippen LogP contribution in [0.1, 0.15) is 18.1 Å². The topological polar surface area (TPSA) is 55.1 Å². The zero-order chi connectivity index (χ0) is 15.9. The summed E-state index contributed by atoms with van der Waals surface area (Å²) in [6.07, 6.45) is 0.926. The molecular formula is C18H21FN2O. The van der Waals surface area contributed by atoms with E-state index >= 15 is 0 Å². The van der Waals surface area contributed by atoms with E-state index in [0.717, 1.165) is 5.56 Å². The largest absolute Gasteiger partial charge is 0.352 e. The summed E-state index contributed by atoms with van der Waals surface area (Å²) < 4.78 is 13.6. The highest BCUT2D eigenvalue weighted by Gasteiger charge is 2.17. The van der Waals surface area contributed by atoms with E-state index in [1.807, 2.05) is 37.3 Å². The Morgan fingerprint density at radius 1 is 1.09 bits per heavy atom. The van der Waals surface area contributed by atoms with Crippen LogP contribution in [0.15, 0.2) is 54.6 Å². The van der Waals surface area contributed by atoms with Crippen LogP contribution in [0.3, 0.4) is 0 Å². The Labute approximate surface area is 130 Å². The molecule has 116 valence electrons. The van der Waals surface area contributed by atoms with Crippen LogP contribution in [0.5, 0.6) is 0 Å². The van der Waals surface area contributed by atoms with Crippen molar-refractivity contribution in [1.29, 1.82) is 0 Å². The Kier molecular flexibility index (Phi) is 5.67. The number of nitrogens with two attached hydrogens (primary N) is 1. The second-order valence-electron chi connectivity index (χ2n) is 5.50. The first-order valence-electron chi connectivity index (χ1n) is 7.39. The second kappa shape index (κ2) is 7.71. The van der Waals surface area contributed by atoms with Crippen LogP contribution in [0, 0.1) is 5.82 Å². The van der Waals surface area contributed by atoms with Crippen molar-refractivity contribution in [2.24, 2.45) is 5.73 Å². The minimum Gasteiger partial charge on any atom is -0.352 e. The standard InChI is InChI=1S/C18H21FN2O/c1-13(11-15-9-5-6-10-16(15)19)21-18(22)17(20)12-14-7-3-2-4-8-14/h2-10,13,17H,11-12,20H2,1H3,(H,21,22)/t13?,17-/m0/s1.